The molecule has 1 aromatic carbocycles. The molecule has 1 aliphatic rings. The van der Waals surface area contributed by atoms with Gasteiger partial charge in [-0.05, 0) is 42.5 Å². The van der Waals surface area contributed by atoms with Gasteiger partial charge in [0.1, 0.15) is 5.75 Å². The molecule has 1 N–H and O–H groups in total. The lowest BCUT2D eigenvalue weighted by atomic mass is 10.1. The average Bonchev–Trinajstić information content (AvgIpc) is 3.17. The molecule has 92 valence electrons. The lowest BCUT2D eigenvalue weighted by Crippen LogP contribution is -2.30. The van der Waals surface area contributed by atoms with Crippen LogP contribution in [0.25, 0.3) is 0 Å². The second-order valence-electron chi connectivity index (χ2n) is 4.54. The van der Waals surface area contributed by atoms with Gasteiger partial charge in [-0.2, -0.15) is 0 Å². The smallest absolute Gasteiger partial charge is 0.251 e. The van der Waals surface area contributed by atoms with Crippen molar-refractivity contribution in [2.75, 3.05) is 19.0 Å². The highest BCUT2D eigenvalue weighted by molar-refractivity contribution is 9.09. The number of hydrogen-bond acceptors (Lipinski definition) is 2. The number of amides is 1. The summed E-state index contributed by atoms with van der Waals surface area (Å²) in [5.41, 5.74) is 0.985. The van der Waals surface area contributed by atoms with Gasteiger partial charge >= 0.3 is 0 Å². The number of rotatable bonds is 5. The lowest BCUT2D eigenvalue weighted by molar-refractivity contribution is 0.0946. The van der Waals surface area contributed by atoms with Crippen molar-refractivity contribution >= 4 is 21.8 Å². The third-order valence-electron chi connectivity index (χ3n) is 3.22. The van der Waals surface area contributed by atoms with Crippen LogP contribution in [0.2, 0.25) is 0 Å². The molecule has 0 aliphatic heterocycles. The van der Waals surface area contributed by atoms with Crippen LogP contribution in [-0.4, -0.2) is 24.9 Å². The number of carbonyl (C=O) groups is 1. The van der Waals surface area contributed by atoms with Crippen molar-refractivity contribution in [3.8, 4) is 5.75 Å². The Bertz CT molecular complexity index is 398. The highest BCUT2D eigenvalue weighted by atomic mass is 79.9. The Morgan fingerprint density at radius 3 is 2.53 bits per heavy atom. The minimum Gasteiger partial charge on any atom is -0.497 e. The van der Waals surface area contributed by atoms with Crippen molar-refractivity contribution in [2.24, 2.45) is 5.41 Å². The first-order valence-electron chi connectivity index (χ1n) is 5.67. The van der Waals surface area contributed by atoms with Crippen molar-refractivity contribution < 1.29 is 9.53 Å². The predicted octanol–water partition coefficient (Wildman–Crippen LogP) is 2.60. The molecule has 17 heavy (non-hydrogen) atoms. The van der Waals surface area contributed by atoms with Gasteiger partial charge in [0, 0.05) is 17.4 Å². The zero-order valence-corrected chi connectivity index (χ0v) is 11.4. The van der Waals surface area contributed by atoms with Crippen molar-refractivity contribution in [3.63, 3.8) is 0 Å². The maximum absolute atomic E-state index is 11.9. The summed E-state index contributed by atoms with van der Waals surface area (Å²) in [7, 11) is 1.61. The summed E-state index contributed by atoms with van der Waals surface area (Å²) in [6.45, 7) is 0.753. The first-order chi connectivity index (χ1) is 8.19. The van der Waals surface area contributed by atoms with E-state index in [9.17, 15) is 4.79 Å². The Labute approximate surface area is 110 Å². The van der Waals surface area contributed by atoms with Crippen molar-refractivity contribution in [2.45, 2.75) is 12.8 Å². The number of carbonyl (C=O) groups excluding carboxylic acids is 1. The first-order valence-corrected chi connectivity index (χ1v) is 6.79. The maximum Gasteiger partial charge on any atom is 0.251 e. The van der Waals surface area contributed by atoms with Crippen LogP contribution in [0, 0.1) is 5.41 Å². The Balaban J connectivity index is 1.90. The van der Waals surface area contributed by atoms with E-state index in [2.05, 4.69) is 21.2 Å². The van der Waals surface area contributed by atoms with Gasteiger partial charge < -0.3 is 10.1 Å². The maximum atomic E-state index is 11.9. The predicted molar refractivity (Wildman–Crippen MR) is 70.8 cm³/mol. The third-order valence-corrected chi connectivity index (χ3v) is 4.41. The molecule has 1 saturated carbocycles. The minimum atomic E-state index is -0.0140. The van der Waals surface area contributed by atoms with Gasteiger partial charge in [0.2, 0.25) is 0 Å². The topological polar surface area (TPSA) is 38.3 Å². The van der Waals surface area contributed by atoms with Crippen LogP contribution in [0.3, 0.4) is 0 Å². The fourth-order valence-corrected chi connectivity index (χ4v) is 2.41. The van der Waals surface area contributed by atoms with Crippen molar-refractivity contribution in [3.05, 3.63) is 29.8 Å². The van der Waals surface area contributed by atoms with Crippen LogP contribution >= 0.6 is 15.9 Å². The Morgan fingerprint density at radius 1 is 1.41 bits per heavy atom. The Kier molecular flexibility index (Phi) is 3.72. The van der Waals surface area contributed by atoms with Crippen LogP contribution < -0.4 is 10.1 Å². The molecule has 0 saturated heterocycles. The molecule has 0 spiro atoms. The van der Waals surface area contributed by atoms with Crippen molar-refractivity contribution in [1.82, 2.24) is 5.32 Å². The molecule has 0 unspecified atom stereocenters. The highest BCUT2D eigenvalue weighted by Gasteiger charge is 2.41. The number of halogens is 1. The van der Waals surface area contributed by atoms with Crippen LogP contribution in [0.15, 0.2) is 24.3 Å². The molecule has 0 radical (unpaired) electrons. The van der Waals surface area contributed by atoms with E-state index in [1.807, 2.05) is 0 Å². The van der Waals surface area contributed by atoms with Crippen LogP contribution in [0.1, 0.15) is 23.2 Å². The fourth-order valence-electron chi connectivity index (χ4n) is 1.65. The van der Waals surface area contributed by atoms with E-state index in [4.69, 9.17) is 4.74 Å². The van der Waals surface area contributed by atoms with E-state index in [0.29, 0.717) is 11.0 Å². The summed E-state index contributed by atoms with van der Waals surface area (Å²) in [4.78, 5) is 11.9. The zero-order valence-electron chi connectivity index (χ0n) is 9.83. The highest BCUT2D eigenvalue weighted by Crippen LogP contribution is 2.46. The number of ether oxygens (including phenoxy) is 1. The van der Waals surface area contributed by atoms with Crippen molar-refractivity contribution in [1.29, 1.82) is 0 Å². The SMILES string of the molecule is COc1ccc(C(=O)NCC2(CBr)CC2)cc1. The van der Waals surface area contributed by atoms with E-state index >= 15 is 0 Å². The quantitative estimate of drug-likeness (QED) is 0.849. The van der Waals surface area contributed by atoms with E-state index in [1.165, 1.54) is 12.8 Å². The molecular formula is C13H16BrNO2. The number of nitrogens with one attached hydrogen (secondary N) is 1. The van der Waals surface area contributed by atoms with E-state index in [1.54, 1.807) is 31.4 Å². The van der Waals surface area contributed by atoms with Crippen LogP contribution in [0.4, 0.5) is 0 Å². The van der Waals surface area contributed by atoms with Gasteiger partial charge in [-0.3, -0.25) is 4.79 Å². The second-order valence-corrected chi connectivity index (χ2v) is 5.11. The largest absolute Gasteiger partial charge is 0.497 e. The monoisotopic (exact) mass is 297 g/mol. The molecule has 0 bridgehead atoms. The Morgan fingerprint density at radius 2 is 2.06 bits per heavy atom. The van der Waals surface area contributed by atoms with Gasteiger partial charge in [0.25, 0.3) is 5.91 Å². The molecule has 4 heteroatoms. The Hall–Kier alpha value is -1.03. The fraction of sp³-hybridized carbons (Fsp3) is 0.462. The zero-order chi connectivity index (χ0) is 12.3. The summed E-state index contributed by atoms with van der Waals surface area (Å²) in [5, 5.41) is 3.94. The van der Waals surface area contributed by atoms with E-state index in [0.717, 1.165) is 17.6 Å². The molecule has 0 atom stereocenters. The van der Waals surface area contributed by atoms with Crippen LogP contribution in [-0.2, 0) is 0 Å². The standard InChI is InChI=1S/C13H16BrNO2/c1-17-11-4-2-10(3-5-11)12(16)15-9-13(8-14)6-7-13/h2-5H,6-9H2,1H3,(H,15,16). The summed E-state index contributed by atoms with van der Waals surface area (Å²) < 4.78 is 5.05. The van der Waals surface area contributed by atoms with Gasteiger partial charge in [0.05, 0.1) is 7.11 Å². The van der Waals surface area contributed by atoms with Gasteiger partial charge in [-0.1, -0.05) is 15.9 Å². The van der Waals surface area contributed by atoms with Gasteiger partial charge in [-0.15, -0.1) is 0 Å². The molecule has 1 aromatic rings. The van der Waals surface area contributed by atoms with Gasteiger partial charge in [-0.25, -0.2) is 0 Å². The molecule has 0 aromatic heterocycles. The summed E-state index contributed by atoms with van der Waals surface area (Å²) in [6.07, 6.45) is 2.39. The van der Waals surface area contributed by atoms with Crippen LogP contribution in [0.5, 0.6) is 5.75 Å². The molecular weight excluding hydrogens is 282 g/mol. The molecule has 0 heterocycles. The number of methoxy groups -OCH3 is 1. The normalized spacial score (nSPS) is 16.4. The van der Waals surface area contributed by atoms with E-state index in [-0.39, 0.29) is 5.91 Å². The summed E-state index contributed by atoms with van der Waals surface area (Å²) in [6, 6.07) is 7.16. The average molecular weight is 298 g/mol. The van der Waals surface area contributed by atoms with Gasteiger partial charge in [0.15, 0.2) is 0 Å². The number of alkyl halides is 1. The lowest BCUT2D eigenvalue weighted by Gasteiger charge is -2.12. The summed E-state index contributed by atoms with van der Waals surface area (Å²) >= 11 is 3.49. The summed E-state index contributed by atoms with van der Waals surface area (Å²) in [5.74, 6) is 0.751. The molecule has 1 amide bonds. The molecule has 1 aliphatic carbocycles. The number of hydrogen-bond donors (Lipinski definition) is 1. The molecule has 3 nitrogen and oxygen atoms in total. The van der Waals surface area contributed by atoms with E-state index < -0.39 is 0 Å². The minimum absolute atomic E-state index is 0.0140. The third kappa shape index (κ3) is 3.00. The molecule has 2 rings (SSSR count). The molecule has 1 fully saturated rings. The first kappa shape index (κ1) is 12.4. The number of benzene rings is 1. The second kappa shape index (κ2) is 5.08.